The number of piperidine rings is 1. The zero-order valence-electron chi connectivity index (χ0n) is 10.7. The lowest BCUT2D eigenvalue weighted by Gasteiger charge is -2.31. The molecule has 2 rings (SSSR count). The zero-order chi connectivity index (χ0) is 12.1. The van der Waals surface area contributed by atoms with Gasteiger partial charge in [-0.3, -0.25) is 0 Å². The molecule has 0 aliphatic carbocycles. The lowest BCUT2D eigenvalue weighted by Crippen LogP contribution is -2.45. The van der Waals surface area contributed by atoms with Crippen molar-refractivity contribution >= 4 is 17.8 Å². The number of rotatable bonds is 5. The second kappa shape index (κ2) is 6.50. The van der Waals surface area contributed by atoms with E-state index in [0.29, 0.717) is 6.04 Å². The van der Waals surface area contributed by atoms with E-state index in [-0.39, 0.29) is 6.03 Å². The van der Waals surface area contributed by atoms with E-state index >= 15 is 0 Å². The van der Waals surface area contributed by atoms with Gasteiger partial charge in [0.25, 0.3) is 0 Å². The molecule has 0 aromatic carbocycles. The van der Waals surface area contributed by atoms with Crippen molar-refractivity contribution in [3.8, 4) is 0 Å². The lowest BCUT2D eigenvalue weighted by atomic mass is 10.1. The molecule has 17 heavy (non-hydrogen) atoms. The van der Waals surface area contributed by atoms with Crippen LogP contribution in [-0.2, 0) is 0 Å². The van der Waals surface area contributed by atoms with Crippen LogP contribution in [0, 0.1) is 0 Å². The summed E-state index contributed by atoms with van der Waals surface area (Å²) in [7, 11) is 0. The predicted octanol–water partition coefficient (Wildman–Crippen LogP) is 1.23. The fourth-order valence-electron chi connectivity index (χ4n) is 2.67. The highest BCUT2D eigenvalue weighted by atomic mass is 32.2. The molecule has 2 saturated heterocycles. The third kappa shape index (κ3) is 3.28. The number of thioether (sulfide) groups is 1. The lowest BCUT2D eigenvalue weighted by molar-refractivity contribution is 0.166. The van der Waals surface area contributed by atoms with E-state index in [1.807, 2.05) is 16.7 Å². The van der Waals surface area contributed by atoms with Gasteiger partial charge >= 0.3 is 6.03 Å². The van der Waals surface area contributed by atoms with E-state index in [4.69, 9.17) is 0 Å². The highest BCUT2D eigenvalue weighted by Gasteiger charge is 2.33. The van der Waals surface area contributed by atoms with E-state index in [2.05, 4.69) is 16.5 Å². The SMILES string of the molecule is CSCCCN1CCN(C2CCNCC2)C1=O. The van der Waals surface area contributed by atoms with Crippen LogP contribution in [0.1, 0.15) is 19.3 Å². The van der Waals surface area contributed by atoms with Crippen molar-refractivity contribution in [1.29, 1.82) is 0 Å². The number of hydrogen-bond acceptors (Lipinski definition) is 3. The maximum Gasteiger partial charge on any atom is 0.320 e. The molecule has 2 amide bonds. The van der Waals surface area contributed by atoms with E-state index in [9.17, 15) is 4.79 Å². The molecule has 2 fully saturated rings. The van der Waals surface area contributed by atoms with Crippen LogP contribution in [-0.4, -0.2) is 66.6 Å². The van der Waals surface area contributed by atoms with Crippen molar-refractivity contribution in [2.45, 2.75) is 25.3 Å². The first kappa shape index (κ1) is 13.0. The number of nitrogens with one attached hydrogen (secondary N) is 1. The van der Waals surface area contributed by atoms with Gasteiger partial charge in [0.15, 0.2) is 0 Å². The van der Waals surface area contributed by atoms with E-state index in [1.165, 1.54) is 0 Å². The molecular weight excluding hydrogens is 234 g/mol. The highest BCUT2D eigenvalue weighted by molar-refractivity contribution is 7.98. The molecule has 0 radical (unpaired) electrons. The third-order valence-electron chi connectivity index (χ3n) is 3.65. The molecule has 5 heteroatoms. The van der Waals surface area contributed by atoms with Crippen LogP contribution in [0.2, 0.25) is 0 Å². The Hall–Kier alpha value is -0.420. The van der Waals surface area contributed by atoms with E-state index in [0.717, 1.165) is 57.7 Å². The van der Waals surface area contributed by atoms with Gasteiger partial charge < -0.3 is 15.1 Å². The molecule has 1 N–H and O–H groups in total. The molecule has 0 spiro atoms. The first-order chi connectivity index (χ1) is 8.33. The van der Waals surface area contributed by atoms with E-state index in [1.54, 1.807) is 0 Å². The molecule has 2 heterocycles. The second-order valence-electron chi connectivity index (χ2n) is 4.79. The Kier molecular flexibility index (Phi) is 4.98. The van der Waals surface area contributed by atoms with Crippen molar-refractivity contribution in [2.24, 2.45) is 0 Å². The van der Waals surface area contributed by atoms with Gasteiger partial charge in [-0.15, -0.1) is 0 Å². The summed E-state index contributed by atoms with van der Waals surface area (Å²) in [5, 5.41) is 3.35. The molecule has 98 valence electrons. The largest absolute Gasteiger partial charge is 0.323 e. The van der Waals surface area contributed by atoms with Crippen LogP contribution < -0.4 is 5.32 Å². The minimum atomic E-state index is 0.276. The van der Waals surface area contributed by atoms with Gasteiger partial charge in [-0.25, -0.2) is 4.79 Å². The Balaban J connectivity index is 1.79. The summed E-state index contributed by atoms with van der Waals surface area (Å²) < 4.78 is 0. The summed E-state index contributed by atoms with van der Waals surface area (Å²) in [6.07, 6.45) is 5.47. The predicted molar refractivity (Wildman–Crippen MR) is 72.6 cm³/mol. The normalized spacial score (nSPS) is 22.5. The van der Waals surface area contributed by atoms with Gasteiger partial charge in [0, 0.05) is 25.7 Å². The fraction of sp³-hybridized carbons (Fsp3) is 0.917. The summed E-state index contributed by atoms with van der Waals surface area (Å²) in [5.41, 5.74) is 0. The van der Waals surface area contributed by atoms with Gasteiger partial charge in [0.1, 0.15) is 0 Å². The molecule has 0 bridgehead atoms. The minimum Gasteiger partial charge on any atom is -0.323 e. The van der Waals surface area contributed by atoms with Gasteiger partial charge in [-0.1, -0.05) is 0 Å². The van der Waals surface area contributed by atoms with Crippen LogP contribution in [0.3, 0.4) is 0 Å². The monoisotopic (exact) mass is 257 g/mol. The Morgan fingerprint density at radius 1 is 1.35 bits per heavy atom. The average Bonchev–Trinajstić information content (AvgIpc) is 2.73. The van der Waals surface area contributed by atoms with Gasteiger partial charge in [0.2, 0.25) is 0 Å². The number of carbonyl (C=O) groups excluding carboxylic acids is 1. The zero-order valence-corrected chi connectivity index (χ0v) is 11.5. The van der Waals surface area contributed by atoms with E-state index < -0.39 is 0 Å². The Morgan fingerprint density at radius 2 is 2.12 bits per heavy atom. The number of nitrogens with zero attached hydrogens (tertiary/aromatic N) is 2. The highest BCUT2D eigenvalue weighted by Crippen LogP contribution is 2.18. The van der Waals surface area contributed by atoms with Crippen molar-refractivity contribution in [2.75, 3.05) is 44.7 Å². The van der Waals surface area contributed by atoms with Crippen molar-refractivity contribution in [1.82, 2.24) is 15.1 Å². The maximum atomic E-state index is 12.2. The summed E-state index contributed by atoms with van der Waals surface area (Å²) in [4.78, 5) is 16.3. The second-order valence-corrected chi connectivity index (χ2v) is 5.78. The summed E-state index contributed by atoms with van der Waals surface area (Å²) >= 11 is 1.86. The summed E-state index contributed by atoms with van der Waals surface area (Å²) in [6.45, 7) is 4.91. The van der Waals surface area contributed by atoms with Gasteiger partial charge in [-0.2, -0.15) is 11.8 Å². The molecule has 0 atom stereocenters. The van der Waals surface area contributed by atoms with Crippen molar-refractivity contribution in [3.63, 3.8) is 0 Å². The van der Waals surface area contributed by atoms with Crippen LogP contribution in [0.5, 0.6) is 0 Å². The van der Waals surface area contributed by atoms with Gasteiger partial charge in [-0.05, 0) is 44.4 Å². The average molecular weight is 257 g/mol. The Bertz CT molecular complexity index is 256. The molecule has 4 nitrogen and oxygen atoms in total. The number of urea groups is 1. The van der Waals surface area contributed by atoms with Crippen molar-refractivity contribution in [3.05, 3.63) is 0 Å². The Morgan fingerprint density at radius 3 is 2.82 bits per heavy atom. The summed E-state index contributed by atoms with van der Waals surface area (Å²) in [6, 6.07) is 0.757. The smallest absolute Gasteiger partial charge is 0.320 e. The molecule has 0 aromatic heterocycles. The van der Waals surface area contributed by atoms with Crippen LogP contribution in [0.4, 0.5) is 4.79 Å². The van der Waals surface area contributed by atoms with Crippen LogP contribution in [0.25, 0.3) is 0 Å². The Labute approximate surface area is 108 Å². The van der Waals surface area contributed by atoms with Crippen molar-refractivity contribution < 1.29 is 4.79 Å². The molecule has 0 unspecified atom stereocenters. The minimum absolute atomic E-state index is 0.276. The quantitative estimate of drug-likeness (QED) is 0.753. The van der Waals surface area contributed by atoms with Crippen LogP contribution in [0.15, 0.2) is 0 Å². The number of amides is 2. The summed E-state index contributed by atoms with van der Waals surface area (Å²) in [5.74, 6) is 1.15. The van der Waals surface area contributed by atoms with Gasteiger partial charge in [0.05, 0.1) is 0 Å². The number of hydrogen-bond donors (Lipinski definition) is 1. The fourth-order valence-corrected chi connectivity index (χ4v) is 3.08. The molecule has 2 aliphatic rings. The molecular formula is C12H23N3OS. The molecule has 0 aromatic rings. The first-order valence-electron chi connectivity index (χ1n) is 6.58. The molecule has 0 saturated carbocycles. The molecule has 2 aliphatic heterocycles. The third-order valence-corrected chi connectivity index (χ3v) is 4.35. The number of carbonyl (C=O) groups is 1. The standard InChI is InChI=1S/C12H23N3OS/c1-17-10-2-7-14-8-9-15(12(14)16)11-3-5-13-6-4-11/h11,13H,2-10H2,1H3. The topological polar surface area (TPSA) is 35.6 Å². The van der Waals surface area contributed by atoms with Crippen LogP contribution >= 0.6 is 11.8 Å². The maximum absolute atomic E-state index is 12.2. The first-order valence-corrected chi connectivity index (χ1v) is 7.97.